The summed E-state index contributed by atoms with van der Waals surface area (Å²) in [5.41, 5.74) is 2.43. The van der Waals surface area contributed by atoms with Gasteiger partial charge in [0.25, 0.3) is 0 Å². The monoisotopic (exact) mass is 283 g/mol. The highest BCUT2D eigenvalue weighted by Gasteiger charge is 2.18. The highest BCUT2D eigenvalue weighted by atomic mass is 15.1. The summed E-state index contributed by atoms with van der Waals surface area (Å²) in [7, 11) is 0. The van der Waals surface area contributed by atoms with Crippen LogP contribution in [0.5, 0.6) is 0 Å². The quantitative estimate of drug-likeness (QED) is 0.913. The normalized spacial score (nSPS) is 23.8. The van der Waals surface area contributed by atoms with Crippen molar-refractivity contribution in [1.82, 2.24) is 10.3 Å². The number of aromatic nitrogens is 1. The Labute approximate surface area is 127 Å². The van der Waals surface area contributed by atoms with Crippen molar-refractivity contribution < 1.29 is 0 Å². The van der Waals surface area contributed by atoms with Crippen LogP contribution in [0.15, 0.2) is 36.5 Å². The molecule has 0 aliphatic carbocycles. The molecule has 1 aromatic heterocycles. The number of hydrogen-bond donors (Lipinski definition) is 1. The molecule has 3 nitrogen and oxygen atoms in total. The summed E-state index contributed by atoms with van der Waals surface area (Å²) in [6.07, 6.45) is 5.47. The first-order chi connectivity index (χ1) is 10.3. The second kappa shape index (κ2) is 6.44. The first kappa shape index (κ1) is 14.3. The molecule has 0 saturated carbocycles. The lowest BCUT2D eigenvalue weighted by Crippen LogP contribution is -2.44. The molecular formula is C18H25N3. The lowest BCUT2D eigenvalue weighted by molar-refractivity contribution is 0.379. The number of anilines is 1. The molecule has 0 amide bonds. The molecule has 21 heavy (non-hydrogen) atoms. The van der Waals surface area contributed by atoms with E-state index in [1.54, 1.807) is 0 Å². The van der Waals surface area contributed by atoms with E-state index in [1.165, 1.54) is 30.3 Å². The topological polar surface area (TPSA) is 28.2 Å². The number of rotatable bonds is 2. The smallest absolute Gasteiger partial charge is 0.0722 e. The lowest BCUT2D eigenvalue weighted by atomic mass is 10.0. The third-order valence-electron chi connectivity index (χ3n) is 4.56. The molecule has 1 aliphatic rings. The van der Waals surface area contributed by atoms with Crippen molar-refractivity contribution in [2.24, 2.45) is 0 Å². The van der Waals surface area contributed by atoms with Gasteiger partial charge >= 0.3 is 0 Å². The average molecular weight is 283 g/mol. The standard InChI is InChI=1S/C18H25N3/c1-3-15-10-13-21(12-9-14(2)20-15)18-8-4-7-17-16(18)6-5-11-19-17/h4-8,11,14-15,20H,3,9-10,12-13H2,1-2H3. The fourth-order valence-corrected chi connectivity index (χ4v) is 3.27. The molecule has 1 fully saturated rings. The van der Waals surface area contributed by atoms with Crippen molar-refractivity contribution in [3.8, 4) is 0 Å². The van der Waals surface area contributed by atoms with Gasteiger partial charge in [-0.05, 0) is 50.5 Å². The van der Waals surface area contributed by atoms with Gasteiger partial charge in [-0.15, -0.1) is 0 Å². The second-order valence-corrected chi connectivity index (χ2v) is 6.08. The highest BCUT2D eigenvalue weighted by Crippen LogP contribution is 2.27. The number of pyridine rings is 1. The Balaban J connectivity index is 1.90. The molecule has 0 spiro atoms. The first-order valence-electron chi connectivity index (χ1n) is 8.12. The number of nitrogens with one attached hydrogen (secondary N) is 1. The zero-order valence-corrected chi connectivity index (χ0v) is 13.0. The Hall–Kier alpha value is -1.61. The van der Waals surface area contributed by atoms with Gasteiger partial charge in [0.15, 0.2) is 0 Å². The van der Waals surface area contributed by atoms with E-state index in [0.717, 1.165) is 18.6 Å². The summed E-state index contributed by atoms with van der Waals surface area (Å²) in [5, 5.41) is 5.01. The van der Waals surface area contributed by atoms with Crippen molar-refractivity contribution in [3.05, 3.63) is 36.5 Å². The summed E-state index contributed by atoms with van der Waals surface area (Å²) in [6.45, 7) is 6.81. The van der Waals surface area contributed by atoms with E-state index < -0.39 is 0 Å². The Morgan fingerprint density at radius 3 is 2.90 bits per heavy atom. The van der Waals surface area contributed by atoms with E-state index in [1.807, 2.05) is 12.3 Å². The summed E-state index contributed by atoms with van der Waals surface area (Å²) < 4.78 is 0. The third-order valence-corrected chi connectivity index (χ3v) is 4.56. The molecule has 0 bridgehead atoms. The molecule has 0 radical (unpaired) electrons. The van der Waals surface area contributed by atoms with Crippen LogP contribution in [0.2, 0.25) is 0 Å². The van der Waals surface area contributed by atoms with Crippen molar-refractivity contribution in [3.63, 3.8) is 0 Å². The third kappa shape index (κ3) is 3.18. The van der Waals surface area contributed by atoms with Crippen LogP contribution >= 0.6 is 0 Å². The minimum absolute atomic E-state index is 0.589. The number of nitrogens with zero attached hydrogens (tertiary/aromatic N) is 2. The summed E-state index contributed by atoms with van der Waals surface area (Å²) in [6, 6.07) is 11.9. The number of fused-ring (bicyclic) bond motifs is 1. The maximum absolute atomic E-state index is 4.49. The van der Waals surface area contributed by atoms with E-state index in [9.17, 15) is 0 Å². The van der Waals surface area contributed by atoms with E-state index in [2.05, 4.69) is 53.3 Å². The van der Waals surface area contributed by atoms with Gasteiger partial charge in [-0.25, -0.2) is 0 Å². The largest absolute Gasteiger partial charge is 0.371 e. The molecule has 2 unspecified atom stereocenters. The molecule has 2 atom stereocenters. The van der Waals surface area contributed by atoms with Crippen LogP contribution in [-0.2, 0) is 0 Å². The minimum Gasteiger partial charge on any atom is -0.371 e. The van der Waals surface area contributed by atoms with Gasteiger partial charge in [-0.3, -0.25) is 4.98 Å². The number of benzene rings is 1. The van der Waals surface area contributed by atoms with E-state index in [-0.39, 0.29) is 0 Å². The van der Waals surface area contributed by atoms with Crippen LogP contribution in [-0.4, -0.2) is 30.2 Å². The predicted molar refractivity (Wildman–Crippen MR) is 89.9 cm³/mol. The molecule has 2 heterocycles. The Morgan fingerprint density at radius 2 is 2.05 bits per heavy atom. The fraction of sp³-hybridized carbons (Fsp3) is 0.500. The van der Waals surface area contributed by atoms with Gasteiger partial charge in [-0.2, -0.15) is 0 Å². The maximum atomic E-state index is 4.49. The van der Waals surface area contributed by atoms with Gasteiger partial charge in [0.05, 0.1) is 5.52 Å². The first-order valence-corrected chi connectivity index (χ1v) is 8.12. The predicted octanol–water partition coefficient (Wildman–Crippen LogP) is 3.59. The SMILES string of the molecule is CCC1CCN(c2cccc3ncccc23)CCC(C)N1. The molecule has 3 heteroatoms. The van der Waals surface area contributed by atoms with Crippen LogP contribution in [0.4, 0.5) is 5.69 Å². The molecule has 1 aliphatic heterocycles. The molecule has 1 aromatic carbocycles. The van der Waals surface area contributed by atoms with E-state index in [4.69, 9.17) is 0 Å². The Kier molecular flexibility index (Phi) is 4.39. The van der Waals surface area contributed by atoms with E-state index >= 15 is 0 Å². The van der Waals surface area contributed by atoms with Gasteiger partial charge < -0.3 is 10.2 Å². The highest BCUT2D eigenvalue weighted by molar-refractivity contribution is 5.91. The van der Waals surface area contributed by atoms with Crippen LogP contribution < -0.4 is 10.2 Å². The zero-order chi connectivity index (χ0) is 14.7. The lowest BCUT2D eigenvalue weighted by Gasteiger charge is -2.33. The molecule has 112 valence electrons. The molecule has 3 rings (SSSR count). The van der Waals surface area contributed by atoms with E-state index in [0.29, 0.717) is 12.1 Å². The minimum atomic E-state index is 0.589. The van der Waals surface area contributed by atoms with Gasteiger partial charge in [0.1, 0.15) is 0 Å². The summed E-state index contributed by atoms with van der Waals surface area (Å²) in [4.78, 5) is 7.03. The van der Waals surface area contributed by atoms with Crippen molar-refractivity contribution in [2.45, 2.75) is 45.2 Å². The molecule has 2 aromatic rings. The molecule has 1 N–H and O–H groups in total. The van der Waals surface area contributed by atoms with Crippen LogP contribution in [0.3, 0.4) is 0 Å². The fourth-order valence-electron chi connectivity index (χ4n) is 3.27. The van der Waals surface area contributed by atoms with Crippen LogP contribution in [0, 0.1) is 0 Å². The van der Waals surface area contributed by atoms with Gasteiger partial charge in [0, 0.05) is 42.4 Å². The van der Waals surface area contributed by atoms with Crippen molar-refractivity contribution in [2.75, 3.05) is 18.0 Å². The summed E-state index contributed by atoms with van der Waals surface area (Å²) in [5.74, 6) is 0. The maximum Gasteiger partial charge on any atom is 0.0722 e. The Morgan fingerprint density at radius 1 is 1.19 bits per heavy atom. The van der Waals surface area contributed by atoms with Crippen molar-refractivity contribution in [1.29, 1.82) is 0 Å². The molecule has 1 saturated heterocycles. The second-order valence-electron chi connectivity index (χ2n) is 6.08. The summed E-state index contributed by atoms with van der Waals surface area (Å²) >= 11 is 0. The van der Waals surface area contributed by atoms with Crippen LogP contribution in [0.25, 0.3) is 10.9 Å². The zero-order valence-electron chi connectivity index (χ0n) is 13.0. The molecular weight excluding hydrogens is 258 g/mol. The Bertz CT molecular complexity index is 591. The van der Waals surface area contributed by atoms with Crippen LogP contribution in [0.1, 0.15) is 33.1 Å². The van der Waals surface area contributed by atoms with Crippen molar-refractivity contribution >= 4 is 16.6 Å². The van der Waals surface area contributed by atoms with Gasteiger partial charge in [-0.1, -0.05) is 13.0 Å². The van der Waals surface area contributed by atoms with Gasteiger partial charge in [0.2, 0.25) is 0 Å². The average Bonchev–Trinajstić information content (AvgIpc) is 2.51. The number of hydrogen-bond acceptors (Lipinski definition) is 3.